The third-order valence-electron chi connectivity index (χ3n) is 0.730. The Bertz CT molecular complexity index is 104. The van der Waals surface area contributed by atoms with E-state index in [-0.39, 0.29) is 0 Å². The van der Waals surface area contributed by atoms with Crippen molar-refractivity contribution in [2.75, 3.05) is 12.8 Å². The Balaban J connectivity index is 3.55. The predicted octanol–water partition coefficient (Wildman–Crippen LogP) is 2.28. The van der Waals surface area contributed by atoms with Crippen molar-refractivity contribution in [1.82, 2.24) is 0 Å². The van der Waals surface area contributed by atoms with Crippen LogP contribution in [0.3, 0.4) is 0 Å². The number of hydrogen-bond acceptors (Lipinski definition) is 2. The minimum absolute atomic E-state index is 0.689. The Labute approximate surface area is 61.1 Å². The van der Waals surface area contributed by atoms with Crippen molar-refractivity contribution >= 4 is 29.5 Å². The van der Waals surface area contributed by atoms with E-state index in [0.717, 1.165) is 6.16 Å². The highest BCUT2D eigenvalue weighted by Crippen LogP contribution is 2.51. The second kappa shape index (κ2) is 3.89. The molecule has 0 bridgehead atoms. The molecule has 0 heterocycles. The van der Waals surface area contributed by atoms with Crippen molar-refractivity contribution in [3.05, 3.63) is 0 Å². The molecule has 0 radical (unpaired) electrons. The largest absolute Gasteiger partial charge is 0.342 e. The molecule has 0 rings (SSSR count). The molecule has 1 nitrogen and oxygen atoms in total. The van der Waals surface area contributed by atoms with E-state index >= 15 is 0 Å². The van der Waals surface area contributed by atoms with Gasteiger partial charge in [0.25, 0.3) is 0 Å². The molecule has 0 aliphatic carbocycles. The van der Waals surface area contributed by atoms with Crippen LogP contribution in [-0.4, -0.2) is 12.8 Å². The zero-order valence-corrected chi connectivity index (χ0v) is 7.73. The molecule has 0 saturated carbocycles. The summed E-state index contributed by atoms with van der Waals surface area (Å²) in [4.78, 5) is 0. The fraction of sp³-hybridized carbons (Fsp3) is 1.00. The summed E-state index contributed by atoms with van der Waals surface area (Å²) < 4.78 is 5.17. The number of thiol groups is 1. The van der Waals surface area contributed by atoms with Gasteiger partial charge in [-0.15, -0.1) is 12.2 Å². The van der Waals surface area contributed by atoms with Crippen LogP contribution in [0.15, 0.2) is 0 Å². The number of rotatable bonds is 3. The molecule has 0 amide bonds. The van der Waals surface area contributed by atoms with Gasteiger partial charge in [0.15, 0.2) is 0 Å². The predicted molar refractivity (Wildman–Crippen MR) is 45.4 cm³/mol. The summed E-state index contributed by atoms with van der Waals surface area (Å²) in [6.07, 6.45) is 0.874. The van der Waals surface area contributed by atoms with E-state index in [1.165, 1.54) is 0 Å². The van der Waals surface area contributed by atoms with Gasteiger partial charge in [0, 0.05) is 12.8 Å². The molecule has 0 aliphatic rings. The third kappa shape index (κ3) is 3.90. The van der Waals surface area contributed by atoms with E-state index in [0.29, 0.717) is 6.61 Å². The first-order valence-electron chi connectivity index (χ1n) is 2.58. The van der Waals surface area contributed by atoms with Crippen LogP contribution in [0.2, 0.25) is 0 Å². The molecule has 4 heteroatoms. The van der Waals surface area contributed by atoms with Gasteiger partial charge in [-0.25, -0.2) is 0 Å². The van der Waals surface area contributed by atoms with E-state index in [4.69, 9.17) is 16.3 Å². The quantitative estimate of drug-likeness (QED) is 0.514. The van der Waals surface area contributed by atoms with Crippen molar-refractivity contribution in [2.45, 2.75) is 13.8 Å². The Hall–Kier alpha value is 0.960. The van der Waals surface area contributed by atoms with Crippen LogP contribution in [0.25, 0.3) is 0 Å². The maximum Gasteiger partial charge on any atom is 0.116 e. The lowest BCUT2D eigenvalue weighted by molar-refractivity contribution is 0.386. The van der Waals surface area contributed by atoms with E-state index in [2.05, 4.69) is 12.2 Å². The topological polar surface area (TPSA) is 9.23 Å². The molecule has 0 aliphatic heterocycles. The molecule has 0 aromatic heterocycles. The number of hydrogen-bond donors (Lipinski definition) is 1. The molecule has 0 aromatic rings. The van der Waals surface area contributed by atoms with Gasteiger partial charge in [0.2, 0.25) is 0 Å². The molecule has 0 aromatic carbocycles. The van der Waals surface area contributed by atoms with Crippen molar-refractivity contribution in [1.29, 1.82) is 0 Å². The highest BCUT2D eigenvalue weighted by Gasteiger charge is 2.04. The first-order valence-corrected chi connectivity index (χ1v) is 6.64. The highest BCUT2D eigenvalue weighted by atomic mass is 32.9. The summed E-state index contributed by atoms with van der Waals surface area (Å²) >= 11 is 9.17. The van der Waals surface area contributed by atoms with Crippen LogP contribution in [-0.2, 0) is 16.3 Å². The maximum atomic E-state index is 5.17. The summed E-state index contributed by atoms with van der Waals surface area (Å²) in [5.74, 6) is 0. The van der Waals surface area contributed by atoms with E-state index in [1.807, 2.05) is 13.8 Å². The fourth-order valence-electron chi connectivity index (χ4n) is 0.293. The van der Waals surface area contributed by atoms with Gasteiger partial charge in [-0.2, -0.15) is 0 Å². The summed E-state index contributed by atoms with van der Waals surface area (Å²) in [6.45, 7) is 4.63. The van der Waals surface area contributed by atoms with Crippen LogP contribution in [0.4, 0.5) is 0 Å². The monoisotopic (exact) mass is 170 g/mol. The Kier molecular flexibility index (Phi) is 4.35. The van der Waals surface area contributed by atoms with Gasteiger partial charge in [-0.1, -0.05) is 18.7 Å². The minimum Gasteiger partial charge on any atom is -0.342 e. The van der Waals surface area contributed by atoms with Crippen molar-refractivity contribution in [3.8, 4) is 0 Å². The molecular weight excluding hydrogens is 159 g/mol. The molecule has 0 fully saturated rings. The van der Waals surface area contributed by atoms with Gasteiger partial charge in [-0.3, -0.25) is 0 Å². The fourth-order valence-corrected chi connectivity index (χ4v) is 1.54. The van der Waals surface area contributed by atoms with E-state index in [9.17, 15) is 0 Å². The maximum absolute atomic E-state index is 5.17. The van der Waals surface area contributed by atoms with Crippen molar-refractivity contribution in [3.63, 3.8) is 0 Å². The lowest BCUT2D eigenvalue weighted by Gasteiger charge is -2.10. The standard InChI is InChI=1S/C4H11OPS2/c1-3-5-6(7,8)4-2/h3-4H2,1-2H3,(H,7,8). The molecule has 0 N–H and O–H groups in total. The first kappa shape index (κ1) is 8.96. The molecule has 1 atom stereocenters. The van der Waals surface area contributed by atoms with Gasteiger partial charge in [-0.05, 0) is 6.92 Å². The van der Waals surface area contributed by atoms with Crippen LogP contribution < -0.4 is 0 Å². The van der Waals surface area contributed by atoms with Gasteiger partial charge < -0.3 is 4.52 Å². The Morgan fingerprint density at radius 3 is 2.25 bits per heavy atom. The molecule has 8 heavy (non-hydrogen) atoms. The second-order valence-corrected chi connectivity index (χ2v) is 8.06. The minimum atomic E-state index is -1.65. The first-order chi connectivity index (χ1) is 3.62. The van der Waals surface area contributed by atoms with Crippen LogP contribution in [0.5, 0.6) is 0 Å². The lowest BCUT2D eigenvalue weighted by atomic mass is 10.9. The van der Waals surface area contributed by atoms with Crippen LogP contribution in [0, 0.1) is 0 Å². The van der Waals surface area contributed by atoms with Crippen molar-refractivity contribution in [2.24, 2.45) is 0 Å². The molecule has 0 spiro atoms. The molecule has 50 valence electrons. The summed E-state index contributed by atoms with van der Waals surface area (Å²) in [5, 5.41) is 0. The lowest BCUT2D eigenvalue weighted by Crippen LogP contribution is -1.83. The summed E-state index contributed by atoms with van der Waals surface area (Å²) in [6, 6.07) is 0. The molecular formula is C4H11OPS2. The normalized spacial score (nSPS) is 17.9. The van der Waals surface area contributed by atoms with Gasteiger partial charge >= 0.3 is 0 Å². The van der Waals surface area contributed by atoms with Gasteiger partial charge in [0.05, 0.1) is 0 Å². The van der Waals surface area contributed by atoms with E-state index < -0.39 is 5.47 Å². The summed E-state index contributed by atoms with van der Waals surface area (Å²) in [5.41, 5.74) is -1.65. The highest BCUT2D eigenvalue weighted by molar-refractivity contribution is 8.61. The van der Waals surface area contributed by atoms with Crippen molar-refractivity contribution < 1.29 is 4.52 Å². The zero-order chi connectivity index (χ0) is 6.62. The van der Waals surface area contributed by atoms with Crippen LogP contribution in [0.1, 0.15) is 13.8 Å². The summed E-state index contributed by atoms with van der Waals surface area (Å²) in [7, 11) is 0. The van der Waals surface area contributed by atoms with Gasteiger partial charge in [0.1, 0.15) is 5.47 Å². The zero-order valence-electron chi connectivity index (χ0n) is 5.13. The SMILES string of the molecule is CCOP(=S)(S)CC. The second-order valence-electron chi connectivity index (χ2n) is 1.37. The van der Waals surface area contributed by atoms with Crippen LogP contribution >= 0.6 is 17.7 Å². The average Bonchev–Trinajstić information content (AvgIpc) is 1.67. The smallest absolute Gasteiger partial charge is 0.116 e. The van der Waals surface area contributed by atoms with E-state index in [1.54, 1.807) is 0 Å². The average molecular weight is 170 g/mol. The third-order valence-corrected chi connectivity index (χ3v) is 4.48. The Morgan fingerprint density at radius 1 is 1.62 bits per heavy atom. The molecule has 1 unspecified atom stereocenters. The Morgan fingerprint density at radius 2 is 2.12 bits per heavy atom. The molecule has 0 saturated heterocycles.